The standard InChI is InChI=1S/C30H36N2O3/c33-23-19-25-15-13-24(14-16-25)8-6-7-20-32-21-17-27(18-22-32)35-30(34)31-29-12-5-4-11-28(29)26-9-2-1-3-10-26/h1-5,9-16,27,33H,6-8,17-23H2,(H,31,34). The molecule has 1 saturated heterocycles. The van der Waals surface area contributed by atoms with Gasteiger partial charge in [-0.25, -0.2) is 4.79 Å². The number of rotatable bonds is 10. The number of carbonyl (C=O) groups excluding carboxylic acids is 1. The van der Waals surface area contributed by atoms with Crippen molar-refractivity contribution in [1.29, 1.82) is 0 Å². The van der Waals surface area contributed by atoms with E-state index in [0.717, 1.165) is 62.1 Å². The molecule has 1 aliphatic heterocycles. The van der Waals surface area contributed by atoms with Gasteiger partial charge in [0.1, 0.15) is 6.10 Å². The summed E-state index contributed by atoms with van der Waals surface area (Å²) in [7, 11) is 0. The second kappa shape index (κ2) is 13.1. The zero-order valence-corrected chi connectivity index (χ0v) is 20.4. The second-order valence-corrected chi connectivity index (χ2v) is 9.23. The quantitative estimate of drug-likeness (QED) is 0.359. The van der Waals surface area contributed by atoms with E-state index in [0.29, 0.717) is 0 Å². The fraction of sp³-hybridized carbons (Fsp3) is 0.367. The lowest BCUT2D eigenvalue weighted by molar-refractivity contribution is 0.0585. The van der Waals surface area contributed by atoms with Gasteiger partial charge in [0.15, 0.2) is 0 Å². The number of benzene rings is 3. The van der Waals surface area contributed by atoms with Crippen LogP contribution in [0.1, 0.15) is 36.8 Å². The normalized spacial score (nSPS) is 14.5. The average molecular weight is 473 g/mol. The summed E-state index contributed by atoms with van der Waals surface area (Å²) in [5.74, 6) is 0. The van der Waals surface area contributed by atoms with E-state index in [1.54, 1.807) is 0 Å². The smallest absolute Gasteiger partial charge is 0.411 e. The summed E-state index contributed by atoms with van der Waals surface area (Å²) in [5.41, 5.74) is 5.37. The molecule has 0 radical (unpaired) electrons. The predicted molar refractivity (Wildman–Crippen MR) is 142 cm³/mol. The number of aliphatic hydroxyl groups is 1. The molecule has 2 N–H and O–H groups in total. The zero-order chi connectivity index (χ0) is 24.3. The van der Waals surface area contributed by atoms with Gasteiger partial charge in [0.25, 0.3) is 0 Å². The maximum atomic E-state index is 12.6. The van der Waals surface area contributed by atoms with Crippen LogP contribution in [0.2, 0.25) is 0 Å². The minimum Gasteiger partial charge on any atom is -0.446 e. The molecule has 0 unspecified atom stereocenters. The van der Waals surface area contributed by atoms with Crippen LogP contribution in [-0.4, -0.2) is 48.4 Å². The number of unbranched alkanes of at least 4 members (excludes halogenated alkanes) is 1. The third-order valence-electron chi connectivity index (χ3n) is 6.67. The molecular weight excluding hydrogens is 436 g/mol. The van der Waals surface area contributed by atoms with Crippen molar-refractivity contribution in [3.8, 4) is 11.1 Å². The Hall–Kier alpha value is -3.15. The number of amides is 1. The number of nitrogens with one attached hydrogen (secondary N) is 1. The highest BCUT2D eigenvalue weighted by molar-refractivity contribution is 5.91. The Morgan fingerprint density at radius 2 is 1.51 bits per heavy atom. The third kappa shape index (κ3) is 7.67. The first-order valence-electron chi connectivity index (χ1n) is 12.7. The van der Waals surface area contributed by atoms with Crippen LogP contribution in [0.5, 0.6) is 0 Å². The number of piperidine rings is 1. The first-order valence-corrected chi connectivity index (χ1v) is 12.7. The molecule has 1 heterocycles. The molecule has 35 heavy (non-hydrogen) atoms. The van der Waals surface area contributed by atoms with Gasteiger partial charge < -0.3 is 14.7 Å². The van der Waals surface area contributed by atoms with E-state index in [2.05, 4.69) is 34.5 Å². The van der Waals surface area contributed by atoms with Crippen LogP contribution < -0.4 is 5.32 Å². The molecule has 3 aromatic carbocycles. The molecule has 0 aliphatic carbocycles. The van der Waals surface area contributed by atoms with Crippen LogP contribution in [0, 0.1) is 0 Å². The SMILES string of the molecule is O=C(Nc1ccccc1-c1ccccc1)OC1CCN(CCCCc2ccc(CCO)cc2)CC1. The molecule has 4 rings (SSSR count). The monoisotopic (exact) mass is 472 g/mol. The Balaban J connectivity index is 1.15. The molecular formula is C30H36N2O3. The molecule has 5 nitrogen and oxygen atoms in total. The Kier molecular flexibility index (Phi) is 9.32. The molecule has 5 heteroatoms. The predicted octanol–water partition coefficient (Wildman–Crippen LogP) is 5.92. The first kappa shape index (κ1) is 25.0. The largest absolute Gasteiger partial charge is 0.446 e. The fourth-order valence-corrected chi connectivity index (χ4v) is 4.67. The molecule has 1 fully saturated rings. The van der Waals surface area contributed by atoms with E-state index in [9.17, 15) is 4.79 Å². The summed E-state index contributed by atoms with van der Waals surface area (Å²) in [5, 5.41) is 12.0. The fourth-order valence-electron chi connectivity index (χ4n) is 4.67. The summed E-state index contributed by atoms with van der Waals surface area (Å²) >= 11 is 0. The van der Waals surface area contributed by atoms with Gasteiger partial charge in [-0.05, 0) is 67.8 Å². The number of anilines is 1. The van der Waals surface area contributed by atoms with E-state index in [4.69, 9.17) is 9.84 Å². The van der Waals surface area contributed by atoms with Crippen LogP contribution in [0.25, 0.3) is 11.1 Å². The van der Waals surface area contributed by atoms with E-state index in [-0.39, 0.29) is 18.8 Å². The van der Waals surface area contributed by atoms with Crippen LogP contribution in [0.3, 0.4) is 0 Å². The molecule has 0 bridgehead atoms. The topological polar surface area (TPSA) is 61.8 Å². The lowest BCUT2D eigenvalue weighted by Crippen LogP contribution is -2.38. The molecule has 0 aromatic heterocycles. The van der Waals surface area contributed by atoms with Crippen molar-refractivity contribution in [2.75, 3.05) is 31.6 Å². The van der Waals surface area contributed by atoms with Crippen molar-refractivity contribution in [3.05, 3.63) is 90.0 Å². The number of aliphatic hydroxyl groups excluding tert-OH is 1. The second-order valence-electron chi connectivity index (χ2n) is 9.23. The maximum absolute atomic E-state index is 12.6. The molecule has 1 amide bonds. The number of likely N-dealkylation sites (tertiary alicyclic amines) is 1. The Morgan fingerprint density at radius 1 is 0.857 bits per heavy atom. The van der Waals surface area contributed by atoms with Gasteiger partial charge >= 0.3 is 6.09 Å². The molecule has 0 saturated carbocycles. The Bertz CT molecular complexity index is 1040. The van der Waals surface area contributed by atoms with Crippen molar-refractivity contribution in [1.82, 2.24) is 4.90 Å². The van der Waals surface area contributed by atoms with Gasteiger partial charge in [0.2, 0.25) is 0 Å². The molecule has 3 aromatic rings. The average Bonchev–Trinajstić information content (AvgIpc) is 2.89. The Morgan fingerprint density at radius 3 is 2.23 bits per heavy atom. The number of hydrogen-bond acceptors (Lipinski definition) is 4. The number of nitrogens with zero attached hydrogens (tertiary/aromatic N) is 1. The van der Waals surface area contributed by atoms with Crippen molar-refractivity contribution < 1.29 is 14.6 Å². The molecule has 1 aliphatic rings. The third-order valence-corrected chi connectivity index (χ3v) is 6.67. The van der Waals surface area contributed by atoms with Gasteiger partial charge in [-0.2, -0.15) is 0 Å². The van der Waals surface area contributed by atoms with Gasteiger partial charge in [-0.1, -0.05) is 72.8 Å². The zero-order valence-electron chi connectivity index (χ0n) is 20.4. The van der Waals surface area contributed by atoms with Crippen molar-refractivity contribution in [3.63, 3.8) is 0 Å². The summed E-state index contributed by atoms with van der Waals surface area (Å²) in [4.78, 5) is 15.1. The highest BCUT2D eigenvalue weighted by Crippen LogP contribution is 2.28. The van der Waals surface area contributed by atoms with Crippen LogP contribution in [0.4, 0.5) is 10.5 Å². The van der Waals surface area contributed by atoms with E-state index in [1.807, 2.05) is 54.6 Å². The Labute approximate surface area is 208 Å². The van der Waals surface area contributed by atoms with E-state index >= 15 is 0 Å². The summed E-state index contributed by atoms with van der Waals surface area (Å²) in [6, 6.07) is 26.5. The number of hydrogen-bond donors (Lipinski definition) is 2. The lowest BCUT2D eigenvalue weighted by atomic mass is 10.0. The number of ether oxygens (including phenoxy) is 1. The van der Waals surface area contributed by atoms with Gasteiger partial charge in [-0.3, -0.25) is 5.32 Å². The highest BCUT2D eigenvalue weighted by Gasteiger charge is 2.22. The van der Waals surface area contributed by atoms with E-state index in [1.165, 1.54) is 24.0 Å². The number of carbonyl (C=O) groups is 1. The van der Waals surface area contributed by atoms with Crippen LogP contribution >= 0.6 is 0 Å². The first-order chi connectivity index (χ1) is 17.2. The minimum absolute atomic E-state index is 0.0347. The summed E-state index contributed by atoms with van der Waals surface area (Å²) < 4.78 is 5.75. The highest BCUT2D eigenvalue weighted by atomic mass is 16.6. The van der Waals surface area contributed by atoms with Crippen LogP contribution in [0.15, 0.2) is 78.9 Å². The van der Waals surface area contributed by atoms with Crippen LogP contribution in [-0.2, 0) is 17.6 Å². The van der Waals surface area contributed by atoms with Crippen molar-refractivity contribution >= 4 is 11.8 Å². The minimum atomic E-state index is -0.378. The van der Waals surface area contributed by atoms with Crippen molar-refractivity contribution in [2.24, 2.45) is 0 Å². The summed E-state index contributed by atoms with van der Waals surface area (Å²) in [6.07, 6.45) is 5.48. The van der Waals surface area contributed by atoms with Gasteiger partial charge in [0, 0.05) is 25.3 Å². The van der Waals surface area contributed by atoms with E-state index < -0.39 is 0 Å². The van der Waals surface area contributed by atoms with Gasteiger partial charge in [0.05, 0.1) is 5.69 Å². The van der Waals surface area contributed by atoms with Crippen molar-refractivity contribution in [2.45, 2.75) is 44.6 Å². The summed E-state index contributed by atoms with van der Waals surface area (Å²) in [6.45, 7) is 3.22. The lowest BCUT2D eigenvalue weighted by Gasteiger charge is -2.31. The molecule has 184 valence electrons. The van der Waals surface area contributed by atoms with Gasteiger partial charge in [-0.15, -0.1) is 0 Å². The number of aryl methyl sites for hydroxylation is 1. The number of para-hydroxylation sites is 1. The molecule has 0 spiro atoms. The molecule has 0 atom stereocenters. The maximum Gasteiger partial charge on any atom is 0.411 e.